The molecule has 0 fully saturated rings. The predicted octanol–water partition coefficient (Wildman–Crippen LogP) is 1.93. The highest BCUT2D eigenvalue weighted by Crippen LogP contribution is 2.23. The molecular formula is C19H24ClFN4O4. The maximum absolute atomic E-state index is 14.1. The Balaban J connectivity index is 2.51. The monoisotopic (exact) mass is 426 g/mol. The number of nitrogen functional groups attached to an aromatic ring is 1. The van der Waals surface area contributed by atoms with Crippen LogP contribution in [0.4, 0.5) is 15.9 Å². The molecule has 29 heavy (non-hydrogen) atoms. The summed E-state index contributed by atoms with van der Waals surface area (Å²) in [6.45, 7) is 2.32. The number of rotatable bonds is 9. The fourth-order valence-electron chi connectivity index (χ4n) is 2.87. The molecule has 2 rings (SSSR count). The zero-order chi connectivity index (χ0) is 21.6. The lowest BCUT2D eigenvalue weighted by molar-refractivity contribution is -0.118. The number of hydrogen-bond donors (Lipinski definition) is 2. The minimum Gasteiger partial charge on any atom is -0.383 e. The van der Waals surface area contributed by atoms with Crippen molar-refractivity contribution in [3.05, 3.63) is 55.4 Å². The zero-order valence-electron chi connectivity index (χ0n) is 16.3. The van der Waals surface area contributed by atoms with E-state index >= 15 is 0 Å². The molecule has 0 spiro atoms. The minimum atomic E-state index is -0.802. The summed E-state index contributed by atoms with van der Waals surface area (Å²) >= 11 is 6.02. The molecule has 0 unspecified atom stereocenters. The highest BCUT2D eigenvalue weighted by Gasteiger charge is 2.25. The third-order valence-corrected chi connectivity index (χ3v) is 4.78. The molecule has 0 saturated heterocycles. The molecule has 0 atom stereocenters. The van der Waals surface area contributed by atoms with Crippen LogP contribution in [0.2, 0.25) is 5.02 Å². The maximum Gasteiger partial charge on any atom is 0.330 e. The fraction of sp³-hybridized carbons (Fsp3) is 0.421. The van der Waals surface area contributed by atoms with Crippen LogP contribution in [-0.4, -0.2) is 35.7 Å². The van der Waals surface area contributed by atoms with Gasteiger partial charge in [-0.15, -0.1) is 0 Å². The van der Waals surface area contributed by atoms with Gasteiger partial charge in [0.05, 0.1) is 13.0 Å². The Morgan fingerprint density at radius 1 is 1.38 bits per heavy atom. The first kappa shape index (κ1) is 22.6. The molecule has 0 saturated carbocycles. The van der Waals surface area contributed by atoms with Crippen LogP contribution in [0, 0.1) is 5.82 Å². The first-order valence-electron chi connectivity index (χ1n) is 9.16. The summed E-state index contributed by atoms with van der Waals surface area (Å²) in [6.07, 6.45) is 1.08. The van der Waals surface area contributed by atoms with Crippen LogP contribution in [0.1, 0.15) is 25.3 Å². The summed E-state index contributed by atoms with van der Waals surface area (Å²) < 4.78 is 20.4. The number of nitrogens with one attached hydrogen (secondary N) is 1. The molecule has 8 nitrogen and oxygen atoms in total. The number of halogens is 2. The van der Waals surface area contributed by atoms with E-state index in [2.05, 4.69) is 4.98 Å². The number of carbonyl (C=O) groups excluding carboxylic acids is 1. The van der Waals surface area contributed by atoms with Crippen molar-refractivity contribution in [1.29, 1.82) is 0 Å². The molecule has 3 N–H and O–H groups in total. The van der Waals surface area contributed by atoms with E-state index in [1.807, 2.05) is 6.92 Å². The number of hydrogen-bond acceptors (Lipinski definition) is 5. The second kappa shape index (κ2) is 10.2. The molecular weight excluding hydrogens is 403 g/mol. The zero-order valence-corrected chi connectivity index (χ0v) is 17.1. The van der Waals surface area contributed by atoms with Gasteiger partial charge in [-0.1, -0.05) is 31.0 Å². The van der Waals surface area contributed by atoms with E-state index < -0.39 is 23.0 Å². The fourth-order valence-corrected chi connectivity index (χ4v) is 3.10. The van der Waals surface area contributed by atoms with Gasteiger partial charge in [-0.05, 0) is 18.6 Å². The van der Waals surface area contributed by atoms with Gasteiger partial charge in [-0.2, -0.15) is 0 Å². The number of aromatic nitrogens is 2. The van der Waals surface area contributed by atoms with Crippen LogP contribution in [-0.2, 0) is 22.5 Å². The summed E-state index contributed by atoms with van der Waals surface area (Å²) in [6, 6.07) is 4.10. The number of benzene rings is 1. The smallest absolute Gasteiger partial charge is 0.330 e. The van der Waals surface area contributed by atoms with Crippen molar-refractivity contribution in [1.82, 2.24) is 9.55 Å². The first-order valence-corrected chi connectivity index (χ1v) is 9.54. The lowest BCUT2D eigenvalue weighted by Gasteiger charge is -2.24. The largest absolute Gasteiger partial charge is 0.383 e. The topological polar surface area (TPSA) is 110 Å². The Labute approximate surface area is 172 Å². The quantitative estimate of drug-likeness (QED) is 0.636. The van der Waals surface area contributed by atoms with Crippen LogP contribution in [0.15, 0.2) is 27.8 Å². The van der Waals surface area contributed by atoms with E-state index in [9.17, 15) is 18.8 Å². The predicted molar refractivity (Wildman–Crippen MR) is 110 cm³/mol. The second-order valence-corrected chi connectivity index (χ2v) is 6.82. The number of H-pyrrole nitrogens is 1. The molecule has 0 bridgehead atoms. The Hall–Kier alpha value is -2.65. The van der Waals surface area contributed by atoms with Gasteiger partial charge in [-0.25, -0.2) is 9.18 Å². The van der Waals surface area contributed by atoms with Crippen molar-refractivity contribution in [3.63, 3.8) is 0 Å². The second-order valence-electron chi connectivity index (χ2n) is 6.41. The molecule has 1 aromatic heterocycles. The molecule has 1 heterocycles. The molecule has 158 valence electrons. The van der Waals surface area contributed by atoms with Crippen LogP contribution in [0.25, 0.3) is 0 Å². The Kier molecular flexibility index (Phi) is 7.98. The average Bonchev–Trinajstić information content (AvgIpc) is 2.67. The molecule has 1 amide bonds. The van der Waals surface area contributed by atoms with E-state index in [1.54, 1.807) is 0 Å². The van der Waals surface area contributed by atoms with Crippen molar-refractivity contribution >= 4 is 29.0 Å². The van der Waals surface area contributed by atoms with Gasteiger partial charge in [0, 0.05) is 30.8 Å². The highest BCUT2D eigenvalue weighted by atomic mass is 35.5. The third kappa shape index (κ3) is 5.24. The Bertz CT molecular complexity index is 969. The number of amides is 1. The summed E-state index contributed by atoms with van der Waals surface area (Å²) in [5, 5.41) is 0.0971. The molecule has 10 heteroatoms. The number of unbranched alkanes of at least 4 members (excludes halogenated alkanes) is 1. The van der Waals surface area contributed by atoms with Crippen molar-refractivity contribution in [2.45, 2.75) is 32.7 Å². The number of aromatic amines is 1. The SMILES string of the molecule is CCCCn1c(N)c(N(CCOC)C(=O)Cc2c(F)cccc2Cl)c(=O)[nH]c1=O. The standard InChI is InChI=1S/C19H24ClFN4O4/c1-3-4-8-25-17(22)16(18(27)23-19(25)28)24(9-10-29-2)15(26)11-12-13(20)6-5-7-14(12)21/h5-7H,3-4,8-11,22H2,1-2H3,(H,23,27,28). The van der Waals surface area contributed by atoms with Gasteiger partial charge in [0.1, 0.15) is 11.6 Å². The molecule has 0 aliphatic carbocycles. The van der Waals surface area contributed by atoms with Crippen molar-refractivity contribution in [2.24, 2.45) is 0 Å². The number of carbonyl (C=O) groups is 1. The third-order valence-electron chi connectivity index (χ3n) is 4.43. The summed E-state index contributed by atoms with van der Waals surface area (Å²) in [4.78, 5) is 40.9. The van der Waals surface area contributed by atoms with Gasteiger partial charge in [0.25, 0.3) is 5.56 Å². The molecule has 0 radical (unpaired) electrons. The molecule has 2 aromatic rings. The summed E-state index contributed by atoms with van der Waals surface area (Å²) in [7, 11) is 1.44. The number of ether oxygens (including phenoxy) is 1. The van der Waals surface area contributed by atoms with Gasteiger partial charge in [0.15, 0.2) is 5.69 Å². The number of anilines is 2. The van der Waals surface area contributed by atoms with Gasteiger partial charge >= 0.3 is 5.69 Å². The van der Waals surface area contributed by atoms with Crippen molar-refractivity contribution < 1.29 is 13.9 Å². The van der Waals surface area contributed by atoms with E-state index in [0.717, 1.165) is 11.3 Å². The highest BCUT2D eigenvalue weighted by molar-refractivity contribution is 6.31. The molecule has 0 aliphatic heterocycles. The van der Waals surface area contributed by atoms with E-state index in [4.69, 9.17) is 22.1 Å². The van der Waals surface area contributed by atoms with E-state index in [0.29, 0.717) is 6.42 Å². The van der Waals surface area contributed by atoms with Crippen LogP contribution in [0.3, 0.4) is 0 Å². The summed E-state index contributed by atoms with van der Waals surface area (Å²) in [5.41, 5.74) is 4.48. The molecule has 0 aliphatic rings. The summed E-state index contributed by atoms with van der Waals surface area (Å²) in [5.74, 6) is -1.37. The van der Waals surface area contributed by atoms with Gasteiger partial charge in [-0.3, -0.25) is 19.1 Å². The van der Waals surface area contributed by atoms with Gasteiger partial charge in [0.2, 0.25) is 5.91 Å². The van der Waals surface area contributed by atoms with Crippen molar-refractivity contribution in [2.75, 3.05) is 30.9 Å². The Morgan fingerprint density at radius 3 is 2.72 bits per heavy atom. The minimum absolute atomic E-state index is 0.0101. The van der Waals surface area contributed by atoms with Crippen LogP contribution < -0.4 is 21.9 Å². The van der Waals surface area contributed by atoms with E-state index in [1.165, 1.54) is 29.9 Å². The molecule has 1 aromatic carbocycles. The number of methoxy groups -OCH3 is 1. The Morgan fingerprint density at radius 2 is 2.10 bits per heavy atom. The average molecular weight is 427 g/mol. The van der Waals surface area contributed by atoms with Crippen LogP contribution in [0.5, 0.6) is 0 Å². The maximum atomic E-state index is 14.1. The van der Waals surface area contributed by atoms with E-state index in [-0.39, 0.29) is 48.2 Å². The van der Waals surface area contributed by atoms with Crippen molar-refractivity contribution in [3.8, 4) is 0 Å². The van der Waals surface area contributed by atoms with Gasteiger partial charge < -0.3 is 15.4 Å². The lowest BCUT2D eigenvalue weighted by atomic mass is 10.1. The number of nitrogens with zero attached hydrogens (tertiary/aromatic N) is 2. The normalized spacial score (nSPS) is 10.9. The van der Waals surface area contributed by atoms with Crippen LogP contribution >= 0.6 is 11.6 Å². The number of nitrogens with two attached hydrogens (primary N) is 1. The lowest BCUT2D eigenvalue weighted by Crippen LogP contribution is -2.43. The first-order chi connectivity index (χ1) is 13.8.